The zero-order valence-corrected chi connectivity index (χ0v) is 9.22. The van der Waals surface area contributed by atoms with E-state index in [0.29, 0.717) is 5.76 Å². The number of halogens is 1. The lowest BCUT2D eigenvalue weighted by atomic mass is 10.2. The van der Waals surface area contributed by atoms with Gasteiger partial charge in [0.15, 0.2) is 5.15 Å². The van der Waals surface area contributed by atoms with Gasteiger partial charge in [-0.2, -0.15) is 4.37 Å². The van der Waals surface area contributed by atoms with Crippen molar-refractivity contribution in [1.82, 2.24) is 8.75 Å². The molecule has 0 aromatic carbocycles. The number of nitrogens with zero attached hydrogens (tertiary/aromatic N) is 2. The van der Waals surface area contributed by atoms with Gasteiger partial charge in [0.05, 0.1) is 11.7 Å². The molecule has 4 nitrogen and oxygen atoms in total. The maximum atomic E-state index is 11.4. The van der Waals surface area contributed by atoms with Crippen molar-refractivity contribution >= 4 is 23.3 Å². The van der Waals surface area contributed by atoms with Crippen LogP contribution in [0.1, 0.15) is 12.8 Å². The fourth-order valence-electron chi connectivity index (χ4n) is 1.11. The lowest BCUT2D eigenvalue weighted by molar-refractivity contribution is 0.421. The molecule has 0 saturated carbocycles. The van der Waals surface area contributed by atoms with Gasteiger partial charge in [0.25, 0.3) is 11.3 Å². The molecule has 0 spiro atoms. The summed E-state index contributed by atoms with van der Waals surface area (Å²) in [5, 5.41) is -0.106. The Kier molecular flexibility index (Phi) is 3.13. The largest absolute Gasteiger partial charge is 0.435 e. The average Bonchev–Trinajstić information content (AvgIpc) is 2.26. The molecule has 0 fully saturated rings. The molecule has 1 aromatic heterocycles. The fourth-order valence-corrected chi connectivity index (χ4v) is 1.67. The second-order valence-electron chi connectivity index (χ2n) is 2.88. The van der Waals surface area contributed by atoms with Crippen LogP contribution in [0, 0.1) is 0 Å². The summed E-state index contributed by atoms with van der Waals surface area (Å²) in [4.78, 5) is 11.4. The van der Waals surface area contributed by atoms with E-state index in [4.69, 9.17) is 16.3 Å². The summed E-state index contributed by atoms with van der Waals surface area (Å²) in [7, 11) is 0. The van der Waals surface area contributed by atoms with E-state index < -0.39 is 5.43 Å². The third kappa shape index (κ3) is 2.43. The van der Waals surface area contributed by atoms with Gasteiger partial charge in [-0.3, -0.25) is 4.79 Å². The molecule has 2 rings (SSSR count). The van der Waals surface area contributed by atoms with Gasteiger partial charge in [-0.05, 0) is 25.0 Å². The number of rotatable bonds is 2. The molecule has 1 heterocycles. The highest BCUT2D eigenvalue weighted by Crippen LogP contribution is 2.14. The van der Waals surface area contributed by atoms with Crippen LogP contribution in [0.2, 0.25) is 5.15 Å². The second kappa shape index (κ2) is 4.55. The van der Waals surface area contributed by atoms with Crippen LogP contribution in [0.3, 0.4) is 0 Å². The van der Waals surface area contributed by atoms with Crippen LogP contribution in [-0.2, 0) is 0 Å². The molecule has 0 saturated heterocycles. The summed E-state index contributed by atoms with van der Waals surface area (Å²) in [6.45, 7) is 0. The summed E-state index contributed by atoms with van der Waals surface area (Å²) < 4.78 is 12.7. The van der Waals surface area contributed by atoms with E-state index in [9.17, 15) is 4.79 Å². The van der Waals surface area contributed by atoms with Crippen molar-refractivity contribution in [2.75, 3.05) is 0 Å². The molecule has 0 aliphatic heterocycles. The number of aromatic nitrogens is 2. The molecular formula is C9H7ClN2O2S. The first-order valence-corrected chi connectivity index (χ1v) is 5.45. The van der Waals surface area contributed by atoms with Crippen LogP contribution in [0.15, 0.2) is 28.8 Å². The summed E-state index contributed by atoms with van der Waals surface area (Å²) in [5.41, 5.74) is -0.477. The van der Waals surface area contributed by atoms with Crippen LogP contribution < -0.4 is 10.2 Å². The van der Waals surface area contributed by atoms with E-state index in [1.807, 2.05) is 18.2 Å². The molecule has 78 valence electrons. The number of allylic oxidation sites excluding steroid dienone is 3. The van der Waals surface area contributed by atoms with E-state index in [2.05, 4.69) is 8.75 Å². The number of hydrogen-bond donors (Lipinski definition) is 0. The van der Waals surface area contributed by atoms with Gasteiger partial charge in [0, 0.05) is 0 Å². The Bertz CT molecular complexity index is 481. The first kappa shape index (κ1) is 10.3. The van der Waals surface area contributed by atoms with Crippen LogP contribution in [0.25, 0.3) is 0 Å². The van der Waals surface area contributed by atoms with Gasteiger partial charge in [0.1, 0.15) is 5.76 Å². The molecule has 0 N–H and O–H groups in total. The summed E-state index contributed by atoms with van der Waals surface area (Å²) in [6.07, 6.45) is 7.59. The molecule has 0 radical (unpaired) electrons. The molecular weight excluding hydrogens is 236 g/mol. The van der Waals surface area contributed by atoms with Crippen molar-refractivity contribution in [3.63, 3.8) is 0 Å². The Hall–Kier alpha value is -1.20. The van der Waals surface area contributed by atoms with Crippen molar-refractivity contribution in [1.29, 1.82) is 0 Å². The predicted molar refractivity (Wildman–Crippen MR) is 58.3 cm³/mol. The Labute approximate surface area is 95.2 Å². The van der Waals surface area contributed by atoms with Gasteiger partial charge < -0.3 is 4.74 Å². The molecule has 6 heteroatoms. The van der Waals surface area contributed by atoms with Gasteiger partial charge >= 0.3 is 0 Å². The Balaban J connectivity index is 2.24. The quantitative estimate of drug-likeness (QED) is 0.798. The topological polar surface area (TPSA) is 52.1 Å². The van der Waals surface area contributed by atoms with Gasteiger partial charge in [-0.1, -0.05) is 17.7 Å². The highest BCUT2D eigenvalue weighted by atomic mass is 35.5. The van der Waals surface area contributed by atoms with Crippen molar-refractivity contribution < 1.29 is 4.74 Å². The van der Waals surface area contributed by atoms with E-state index in [1.54, 1.807) is 0 Å². The Morgan fingerprint density at radius 3 is 3.00 bits per heavy atom. The third-order valence-corrected chi connectivity index (χ3v) is 2.67. The second-order valence-corrected chi connectivity index (χ2v) is 3.76. The highest BCUT2D eigenvalue weighted by Gasteiger charge is 2.10. The molecule has 0 unspecified atom stereocenters. The molecule has 0 amide bonds. The van der Waals surface area contributed by atoms with E-state index in [0.717, 1.165) is 24.6 Å². The van der Waals surface area contributed by atoms with Crippen molar-refractivity contribution in [3.05, 3.63) is 39.4 Å². The maximum Gasteiger partial charge on any atom is 0.283 e. The maximum absolute atomic E-state index is 11.4. The van der Waals surface area contributed by atoms with E-state index >= 15 is 0 Å². The van der Waals surface area contributed by atoms with Gasteiger partial charge in [0.2, 0.25) is 0 Å². The molecule has 1 aliphatic carbocycles. The normalized spacial score (nSPS) is 14.9. The van der Waals surface area contributed by atoms with Gasteiger partial charge in [-0.25, -0.2) is 0 Å². The minimum absolute atomic E-state index is 0.0159. The standard InChI is InChI=1S/C9H7ClN2O2S/c10-8-7(13)9(12-15-11-8)14-6-4-2-1-3-5-6/h2,4-5H,1,3H2. The Morgan fingerprint density at radius 1 is 1.40 bits per heavy atom. The van der Waals surface area contributed by atoms with Crippen LogP contribution >= 0.6 is 23.3 Å². The summed E-state index contributed by atoms with van der Waals surface area (Å²) >= 11 is 6.41. The summed E-state index contributed by atoms with van der Waals surface area (Å²) in [6, 6.07) is 0. The minimum atomic E-state index is -0.477. The third-order valence-electron chi connectivity index (χ3n) is 1.80. The monoisotopic (exact) mass is 242 g/mol. The van der Waals surface area contributed by atoms with Crippen molar-refractivity contribution in [2.45, 2.75) is 12.8 Å². The average molecular weight is 243 g/mol. The van der Waals surface area contributed by atoms with Crippen molar-refractivity contribution in [2.24, 2.45) is 0 Å². The first-order valence-electron chi connectivity index (χ1n) is 4.34. The van der Waals surface area contributed by atoms with Gasteiger partial charge in [-0.15, -0.1) is 4.37 Å². The van der Waals surface area contributed by atoms with Crippen LogP contribution in [-0.4, -0.2) is 8.75 Å². The van der Waals surface area contributed by atoms with Crippen LogP contribution in [0.5, 0.6) is 5.88 Å². The SMILES string of the molecule is O=c1c(Cl)nsnc1OC1=CCCC=C1. The zero-order valence-electron chi connectivity index (χ0n) is 7.64. The molecule has 0 bridgehead atoms. The molecule has 15 heavy (non-hydrogen) atoms. The molecule has 1 aromatic rings. The first-order chi connectivity index (χ1) is 7.27. The fraction of sp³-hybridized carbons (Fsp3) is 0.222. The molecule has 1 aliphatic rings. The van der Waals surface area contributed by atoms with Crippen LogP contribution in [0.4, 0.5) is 0 Å². The van der Waals surface area contributed by atoms with E-state index in [1.165, 1.54) is 0 Å². The highest BCUT2D eigenvalue weighted by molar-refractivity contribution is 6.99. The lowest BCUT2D eigenvalue weighted by Crippen LogP contribution is -2.10. The predicted octanol–water partition coefficient (Wildman–Crippen LogP) is 2.16. The van der Waals surface area contributed by atoms with E-state index in [-0.39, 0.29) is 11.0 Å². The van der Waals surface area contributed by atoms with Crippen molar-refractivity contribution in [3.8, 4) is 5.88 Å². The summed E-state index contributed by atoms with van der Waals surface area (Å²) in [5.74, 6) is 0.609. The zero-order chi connectivity index (χ0) is 10.7. The molecule has 0 atom stereocenters. The Morgan fingerprint density at radius 2 is 2.27 bits per heavy atom. The minimum Gasteiger partial charge on any atom is -0.435 e. The number of hydrogen-bond acceptors (Lipinski definition) is 5. The smallest absolute Gasteiger partial charge is 0.283 e. The number of ether oxygens (including phenoxy) is 1. The lowest BCUT2D eigenvalue weighted by Gasteiger charge is -2.06.